The Morgan fingerprint density at radius 2 is 2.12 bits per heavy atom. The Labute approximate surface area is 102 Å². The largest absolute Gasteiger partial charge is 0.490 e. The fourth-order valence-electron chi connectivity index (χ4n) is 2.13. The van der Waals surface area contributed by atoms with Crippen LogP contribution in [0.4, 0.5) is 0 Å². The van der Waals surface area contributed by atoms with Gasteiger partial charge in [0.05, 0.1) is 19.8 Å². The Kier molecular flexibility index (Phi) is 4.23. The molecular weight excluding hydrogens is 218 g/mol. The number of hydrogen-bond acceptors (Lipinski definition) is 4. The van der Waals surface area contributed by atoms with E-state index in [-0.39, 0.29) is 0 Å². The minimum absolute atomic E-state index is 0.520. The van der Waals surface area contributed by atoms with E-state index in [1.54, 1.807) is 0 Å². The van der Waals surface area contributed by atoms with E-state index in [9.17, 15) is 0 Å². The van der Waals surface area contributed by atoms with Gasteiger partial charge in [0.1, 0.15) is 0 Å². The van der Waals surface area contributed by atoms with Crippen molar-refractivity contribution in [2.45, 2.75) is 26.2 Å². The molecule has 17 heavy (non-hydrogen) atoms. The van der Waals surface area contributed by atoms with Crippen molar-refractivity contribution < 1.29 is 14.3 Å². The molecular formula is C13H19NO3. The second-order valence-electron chi connectivity index (χ2n) is 4.06. The molecule has 94 valence electrons. The van der Waals surface area contributed by atoms with Gasteiger partial charge >= 0.3 is 0 Å². The highest BCUT2D eigenvalue weighted by molar-refractivity contribution is 5.51. The fourth-order valence-corrected chi connectivity index (χ4v) is 2.13. The van der Waals surface area contributed by atoms with Gasteiger partial charge in [0.2, 0.25) is 0 Å². The third-order valence-electron chi connectivity index (χ3n) is 2.96. The lowest BCUT2D eigenvalue weighted by molar-refractivity contribution is 0.141. The highest BCUT2D eigenvalue weighted by Crippen LogP contribution is 2.36. The first-order valence-electron chi connectivity index (χ1n) is 6.08. The number of ether oxygens (including phenoxy) is 2. The highest BCUT2D eigenvalue weighted by Gasteiger charge is 2.16. The monoisotopic (exact) mass is 237 g/mol. The van der Waals surface area contributed by atoms with Crippen LogP contribution in [0.1, 0.15) is 24.5 Å². The molecule has 1 aliphatic rings. The maximum absolute atomic E-state index is 5.79. The van der Waals surface area contributed by atoms with Gasteiger partial charge in [0.25, 0.3) is 0 Å². The van der Waals surface area contributed by atoms with Gasteiger partial charge in [0, 0.05) is 12.0 Å². The lowest BCUT2D eigenvalue weighted by atomic mass is 10.0. The Hall–Kier alpha value is -1.26. The van der Waals surface area contributed by atoms with Crippen LogP contribution in [0.15, 0.2) is 12.1 Å². The predicted molar refractivity (Wildman–Crippen MR) is 65.3 cm³/mol. The van der Waals surface area contributed by atoms with E-state index in [0.717, 1.165) is 44.0 Å². The molecule has 2 N–H and O–H groups in total. The summed E-state index contributed by atoms with van der Waals surface area (Å²) in [6, 6.07) is 4.05. The molecule has 4 heteroatoms. The summed E-state index contributed by atoms with van der Waals surface area (Å²) in [5.74, 6) is 6.84. The molecule has 0 spiro atoms. The number of benzene rings is 1. The molecule has 2 rings (SSSR count). The summed E-state index contributed by atoms with van der Waals surface area (Å²) in [6.45, 7) is 4.08. The van der Waals surface area contributed by atoms with Crippen molar-refractivity contribution in [3.63, 3.8) is 0 Å². The van der Waals surface area contributed by atoms with Gasteiger partial charge in [0.15, 0.2) is 11.5 Å². The SMILES string of the molecule is CCc1c(CCON)ccc2c1OCCCO2. The van der Waals surface area contributed by atoms with Gasteiger partial charge in [-0.2, -0.15) is 0 Å². The van der Waals surface area contributed by atoms with Crippen molar-refractivity contribution in [3.05, 3.63) is 23.3 Å². The molecule has 0 saturated heterocycles. The number of fused-ring (bicyclic) bond motifs is 1. The van der Waals surface area contributed by atoms with Crippen LogP contribution in [-0.2, 0) is 17.7 Å². The summed E-state index contributed by atoms with van der Waals surface area (Å²) in [6.07, 6.45) is 2.65. The molecule has 0 unspecified atom stereocenters. The van der Waals surface area contributed by atoms with E-state index < -0.39 is 0 Å². The van der Waals surface area contributed by atoms with Crippen LogP contribution in [0.3, 0.4) is 0 Å². The molecule has 0 radical (unpaired) electrons. The first kappa shape index (κ1) is 12.2. The van der Waals surface area contributed by atoms with Gasteiger partial charge in [-0.3, -0.25) is 0 Å². The Morgan fingerprint density at radius 1 is 1.29 bits per heavy atom. The summed E-state index contributed by atoms with van der Waals surface area (Å²) in [5, 5.41) is 0. The molecule has 4 nitrogen and oxygen atoms in total. The summed E-state index contributed by atoms with van der Waals surface area (Å²) in [5.41, 5.74) is 2.43. The summed E-state index contributed by atoms with van der Waals surface area (Å²) < 4.78 is 11.5. The Bertz CT molecular complexity index is 379. The topological polar surface area (TPSA) is 53.7 Å². The average Bonchev–Trinajstić information content (AvgIpc) is 2.60. The lowest BCUT2D eigenvalue weighted by Gasteiger charge is -2.15. The van der Waals surface area contributed by atoms with Gasteiger partial charge in [-0.25, -0.2) is 5.90 Å². The molecule has 0 saturated carbocycles. The summed E-state index contributed by atoms with van der Waals surface area (Å²) >= 11 is 0. The second kappa shape index (κ2) is 5.89. The van der Waals surface area contributed by atoms with Crippen molar-refractivity contribution in [1.29, 1.82) is 0 Å². The van der Waals surface area contributed by atoms with E-state index in [1.807, 2.05) is 6.07 Å². The van der Waals surface area contributed by atoms with Gasteiger partial charge in [-0.15, -0.1) is 0 Å². The maximum atomic E-state index is 5.79. The zero-order valence-electron chi connectivity index (χ0n) is 10.2. The molecule has 0 atom stereocenters. The zero-order valence-corrected chi connectivity index (χ0v) is 10.2. The first-order chi connectivity index (χ1) is 8.36. The molecule has 0 fully saturated rings. The smallest absolute Gasteiger partial charge is 0.164 e. The molecule has 1 aromatic carbocycles. The van der Waals surface area contributed by atoms with Crippen molar-refractivity contribution >= 4 is 0 Å². The van der Waals surface area contributed by atoms with Crippen LogP contribution in [0.25, 0.3) is 0 Å². The minimum atomic E-state index is 0.520. The molecule has 1 heterocycles. The molecule has 0 amide bonds. The van der Waals surface area contributed by atoms with Gasteiger partial charge in [-0.05, 0) is 24.5 Å². The zero-order chi connectivity index (χ0) is 12.1. The van der Waals surface area contributed by atoms with Crippen molar-refractivity contribution in [2.75, 3.05) is 19.8 Å². The van der Waals surface area contributed by atoms with Crippen molar-refractivity contribution in [2.24, 2.45) is 5.90 Å². The van der Waals surface area contributed by atoms with E-state index in [1.165, 1.54) is 11.1 Å². The first-order valence-corrected chi connectivity index (χ1v) is 6.08. The van der Waals surface area contributed by atoms with Crippen LogP contribution < -0.4 is 15.4 Å². The van der Waals surface area contributed by atoms with Crippen LogP contribution in [0.5, 0.6) is 11.5 Å². The van der Waals surface area contributed by atoms with Crippen molar-refractivity contribution in [3.8, 4) is 11.5 Å². The quantitative estimate of drug-likeness (QED) is 0.812. The molecule has 0 aromatic heterocycles. The summed E-state index contributed by atoms with van der Waals surface area (Å²) in [7, 11) is 0. The van der Waals surface area contributed by atoms with Gasteiger partial charge in [-0.1, -0.05) is 13.0 Å². The normalized spacial score (nSPS) is 14.5. The van der Waals surface area contributed by atoms with E-state index in [2.05, 4.69) is 17.8 Å². The van der Waals surface area contributed by atoms with Crippen LogP contribution in [0, 0.1) is 0 Å². The van der Waals surface area contributed by atoms with E-state index >= 15 is 0 Å². The third-order valence-corrected chi connectivity index (χ3v) is 2.96. The predicted octanol–water partition coefficient (Wildman–Crippen LogP) is 1.84. The molecule has 0 bridgehead atoms. The maximum Gasteiger partial charge on any atom is 0.164 e. The highest BCUT2D eigenvalue weighted by atomic mass is 16.6. The van der Waals surface area contributed by atoms with Gasteiger partial charge < -0.3 is 14.3 Å². The second-order valence-corrected chi connectivity index (χ2v) is 4.06. The molecule has 1 aliphatic heterocycles. The molecule has 1 aromatic rings. The third kappa shape index (κ3) is 2.70. The lowest BCUT2D eigenvalue weighted by Crippen LogP contribution is -2.07. The number of nitrogens with two attached hydrogens (primary N) is 1. The van der Waals surface area contributed by atoms with E-state index in [0.29, 0.717) is 6.61 Å². The summed E-state index contributed by atoms with van der Waals surface area (Å²) in [4.78, 5) is 4.64. The van der Waals surface area contributed by atoms with Crippen LogP contribution in [-0.4, -0.2) is 19.8 Å². The minimum Gasteiger partial charge on any atom is -0.490 e. The Balaban J connectivity index is 2.32. The molecule has 0 aliphatic carbocycles. The van der Waals surface area contributed by atoms with Crippen LogP contribution in [0.2, 0.25) is 0 Å². The van der Waals surface area contributed by atoms with Crippen molar-refractivity contribution in [1.82, 2.24) is 0 Å². The van der Waals surface area contributed by atoms with Crippen LogP contribution >= 0.6 is 0 Å². The number of hydrogen-bond donors (Lipinski definition) is 1. The Morgan fingerprint density at radius 3 is 2.88 bits per heavy atom. The fraction of sp³-hybridized carbons (Fsp3) is 0.538. The number of rotatable bonds is 4. The average molecular weight is 237 g/mol. The standard InChI is InChI=1S/C13H19NO3/c1-2-11-10(6-9-17-14)4-5-12-13(11)16-8-3-7-15-12/h4-5H,2-3,6-9,14H2,1H3. The van der Waals surface area contributed by atoms with E-state index in [4.69, 9.17) is 15.4 Å².